The SMILES string of the molecule is CCC(N)Cc1ccn(Cc2cn(C)nn2)c1. The predicted molar refractivity (Wildman–Crippen MR) is 66.5 cm³/mol. The fourth-order valence-electron chi connectivity index (χ4n) is 1.81. The lowest BCUT2D eigenvalue weighted by atomic mass is 10.1. The van der Waals surface area contributed by atoms with Gasteiger partial charge in [-0.2, -0.15) is 0 Å². The van der Waals surface area contributed by atoms with Crippen LogP contribution in [-0.4, -0.2) is 25.6 Å². The zero-order valence-electron chi connectivity index (χ0n) is 10.4. The standard InChI is InChI=1S/C12H19N5/c1-3-11(13)6-10-4-5-17(7-10)9-12-8-16(2)15-14-12/h4-5,7-8,11H,3,6,9,13H2,1-2H3. The molecule has 0 saturated heterocycles. The second-order valence-electron chi connectivity index (χ2n) is 4.45. The third-order valence-corrected chi connectivity index (χ3v) is 2.83. The first-order valence-electron chi connectivity index (χ1n) is 5.93. The molecule has 0 aliphatic heterocycles. The summed E-state index contributed by atoms with van der Waals surface area (Å²) in [6, 6.07) is 2.37. The molecule has 5 heteroatoms. The van der Waals surface area contributed by atoms with Crippen molar-refractivity contribution in [1.29, 1.82) is 0 Å². The maximum Gasteiger partial charge on any atom is 0.102 e. The molecule has 0 radical (unpaired) electrons. The second kappa shape index (κ2) is 5.14. The van der Waals surface area contributed by atoms with E-state index >= 15 is 0 Å². The summed E-state index contributed by atoms with van der Waals surface area (Å²) < 4.78 is 3.83. The molecule has 2 aromatic heterocycles. The van der Waals surface area contributed by atoms with Gasteiger partial charge >= 0.3 is 0 Å². The van der Waals surface area contributed by atoms with Crippen LogP contribution in [0.2, 0.25) is 0 Å². The highest BCUT2D eigenvalue weighted by molar-refractivity contribution is 5.13. The maximum absolute atomic E-state index is 5.94. The fourth-order valence-corrected chi connectivity index (χ4v) is 1.81. The van der Waals surface area contributed by atoms with Crippen LogP contribution >= 0.6 is 0 Å². The van der Waals surface area contributed by atoms with Crippen LogP contribution in [0.25, 0.3) is 0 Å². The van der Waals surface area contributed by atoms with E-state index in [0.717, 1.165) is 25.1 Å². The van der Waals surface area contributed by atoms with Gasteiger partial charge < -0.3 is 10.3 Å². The van der Waals surface area contributed by atoms with Crippen molar-refractivity contribution in [1.82, 2.24) is 19.6 Å². The molecule has 0 aliphatic rings. The average molecular weight is 233 g/mol. The van der Waals surface area contributed by atoms with Gasteiger partial charge in [-0.3, -0.25) is 4.68 Å². The van der Waals surface area contributed by atoms with Gasteiger partial charge in [0.2, 0.25) is 0 Å². The van der Waals surface area contributed by atoms with Gasteiger partial charge in [0.05, 0.1) is 6.54 Å². The monoisotopic (exact) mass is 233 g/mol. The second-order valence-corrected chi connectivity index (χ2v) is 4.45. The maximum atomic E-state index is 5.94. The van der Waals surface area contributed by atoms with E-state index in [1.165, 1.54) is 5.56 Å². The molecule has 0 spiro atoms. The average Bonchev–Trinajstić information content (AvgIpc) is 2.89. The quantitative estimate of drug-likeness (QED) is 0.836. The summed E-state index contributed by atoms with van der Waals surface area (Å²) in [5.41, 5.74) is 8.18. The minimum absolute atomic E-state index is 0.252. The summed E-state index contributed by atoms with van der Waals surface area (Å²) in [4.78, 5) is 0. The Morgan fingerprint density at radius 3 is 2.88 bits per heavy atom. The molecule has 0 amide bonds. The molecule has 0 saturated carbocycles. The van der Waals surface area contributed by atoms with E-state index in [4.69, 9.17) is 5.73 Å². The van der Waals surface area contributed by atoms with Crippen LogP contribution in [0, 0.1) is 0 Å². The van der Waals surface area contributed by atoms with Gasteiger partial charge in [-0.05, 0) is 24.5 Å². The smallest absolute Gasteiger partial charge is 0.102 e. The summed E-state index contributed by atoms with van der Waals surface area (Å²) in [6.07, 6.45) is 8.06. The first kappa shape index (κ1) is 11.9. The van der Waals surface area contributed by atoms with E-state index < -0.39 is 0 Å². The normalized spacial score (nSPS) is 12.9. The minimum Gasteiger partial charge on any atom is -0.348 e. The Bertz CT molecular complexity index is 471. The lowest BCUT2D eigenvalue weighted by molar-refractivity contribution is 0.644. The molecular formula is C12H19N5. The van der Waals surface area contributed by atoms with Crippen molar-refractivity contribution in [2.45, 2.75) is 32.4 Å². The Kier molecular flexibility index (Phi) is 3.58. The Morgan fingerprint density at radius 2 is 2.24 bits per heavy atom. The summed E-state index contributed by atoms with van der Waals surface area (Å²) in [5.74, 6) is 0. The molecule has 92 valence electrons. The first-order chi connectivity index (χ1) is 8.17. The summed E-state index contributed by atoms with van der Waals surface area (Å²) >= 11 is 0. The molecule has 0 aliphatic carbocycles. The number of rotatable bonds is 5. The van der Waals surface area contributed by atoms with E-state index in [1.807, 2.05) is 13.2 Å². The summed E-state index contributed by atoms with van der Waals surface area (Å²) in [7, 11) is 1.87. The van der Waals surface area contributed by atoms with E-state index in [2.05, 4.69) is 40.3 Å². The molecule has 0 aromatic carbocycles. The molecule has 0 bridgehead atoms. The molecule has 2 rings (SSSR count). The zero-order valence-corrected chi connectivity index (χ0v) is 10.4. The molecule has 0 fully saturated rings. The van der Waals surface area contributed by atoms with Gasteiger partial charge in [-0.25, -0.2) is 0 Å². The summed E-state index contributed by atoms with van der Waals surface area (Å²) in [5, 5.41) is 7.98. The van der Waals surface area contributed by atoms with Gasteiger partial charge in [-0.15, -0.1) is 5.10 Å². The first-order valence-corrected chi connectivity index (χ1v) is 5.93. The number of hydrogen-bond donors (Lipinski definition) is 1. The highest BCUT2D eigenvalue weighted by atomic mass is 15.4. The van der Waals surface area contributed by atoms with Crippen LogP contribution < -0.4 is 5.73 Å². The molecule has 2 aromatic rings. The zero-order chi connectivity index (χ0) is 12.3. The minimum atomic E-state index is 0.252. The van der Waals surface area contributed by atoms with Crippen molar-refractivity contribution < 1.29 is 0 Å². The van der Waals surface area contributed by atoms with Crippen LogP contribution in [0.15, 0.2) is 24.7 Å². The van der Waals surface area contributed by atoms with Crippen molar-refractivity contribution in [2.75, 3.05) is 0 Å². The Balaban J connectivity index is 1.98. The van der Waals surface area contributed by atoms with Crippen LogP contribution in [0.3, 0.4) is 0 Å². The molecule has 2 N–H and O–H groups in total. The highest BCUT2D eigenvalue weighted by Crippen LogP contribution is 2.07. The van der Waals surface area contributed by atoms with Crippen LogP contribution in [0.5, 0.6) is 0 Å². The molecule has 5 nitrogen and oxygen atoms in total. The lowest BCUT2D eigenvalue weighted by Gasteiger charge is -2.05. The van der Waals surface area contributed by atoms with Gasteiger partial charge in [0.1, 0.15) is 5.69 Å². The third-order valence-electron chi connectivity index (χ3n) is 2.83. The fraction of sp³-hybridized carbons (Fsp3) is 0.500. The molecule has 17 heavy (non-hydrogen) atoms. The van der Waals surface area contributed by atoms with Gasteiger partial charge in [0.25, 0.3) is 0 Å². The van der Waals surface area contributed by atoms with Gasteiger partial charge in [0, 0.05) is 31.7 Å². The highest BCUT2D eigenvalue weighted by Gasteiger charge is 2.04. The van der Waals surface area contributed by atoms with Crippen LogP contribution in [-0.2, 0) is 20.0 Å². The van der Waals surface area contributed by atoms with E-state index in [1.54, 1.807) is 4.68 Å². The van der Waals surface area contributed by atoms with Crippen LogP contribution in [0.1, 0.15) is 24.6 Å². The summed E-state index contributed by atoms with van der Waals surface area (Å²) in [6.45, 7) is 2.87. The Hall–Kier alpha value is -1.62. The van der Waals surface area contributed by atoms with Crippen molar-refractivity contribution in [3.8, 4) is 0 Å². The number of aryl methyl sites for hydroxylation is 1. The number of aromatic nitrogens is 4. The van der Waals surface area contributed by atoms with Gasteiger partial charge in [-0.1, -0.05) is 12.1 Å². The number of hydrogen-bond acceptors (Lipinski definition) is 3. The number of nitrogens with zero attached hydrogens (tertiary/aromatic N) is 4. The largest absolute Gasteiger partial charge is 0.348 e. The van der Waals surface area contributed by atoms with Crippen molar-refractivity contribution >= 4 is 0 Å². The lowest BCUT2D eigenvalue weighted by Crippen LogP contribution is -2.21. The van der Waals surface area contributed by atoms with E-state index in [0.29, 0.717) is 0 Å². The van der Waals surface area contributed by atoms with Gasteiger partial charge in [0.15, 0.2) is 0 Å². The predicted octanol–water partition coefficient (Wildman–Crippen LogP) is 0.945. The molecule has 1 unspecified atom stereocenters. The molecular weight excluding hydrogens is 214 g/mol. The Labute approximate surface area is 101 Å². The Morgan fingerprint density at radius 1 is 1.41 bits per heavy atom. The van der Waals surface area contributed by atoms with Crippen molar-refractivity contribution in [3.05, 3.63) is 35.9 Å². The van der Waals surface area contributed by atoms with E-state index in [-0.39, 0.29) is 6.04 Å². The third kappa shape index (κ3) is 3.17. The molecule has 1 atom stereocenters. The van der Waals surface area contributed by atoms with Crippen molar-refractivity contribution in [3.63, 3.8) is 0 Å². The number of nitrogens with two attached hydrogens (primary N) is 1. The topological polar surface area (TPSA) is 61.7 Å². The van der Waals surface area contributed by atoms with E-state index in [9.17, 15) is 0 Å². The van der Waals surface area contributed by atoms with Crippen LogP contribution in [0.4, 0.5) is 0 Å². The molecule has 2 heterocycles. The van der Waals surface area contributed by atoms with Crippen molar-refractivity contribution in [2.24, 2.45) is 12.8 Å².